The minimum atomic E-state index is -1.73. The monoisotopic (exact) mass is 704 g/mol. The van der Waals surface area contributed by atoms with Crippen LogP contribution in [0.15, 0.2) is 0 Å². The predicted octanol–water partition coefficient (Wildman–Crippen LogP) is 1.34. The first kappa shape index (κ1) is 42.0. The lowest BCUT2D eigenvalue weighted by molar-refractivity contribution is -0.317. The quantitative estimate of drug-likeness (QED) is 0.240. The van der Waals surface area contributed by atoms with Crippen molar-refractivity contribution in [3.63, 3.8) is 0 Å². The van der Waals surface area contributed by atoms with Crippen molar-refractivity contribution < 1.29 is 58.4 Å². The van der Waals surface area contributed by atoms with Gasteiger partial charge in [-0.25, -0.2) is 0 Å². The molecule has 49 heavy (non-hydrogen) atoms. The number of ether oxygens (including phenoxy) is 6. The van der Waals surface area contributed by atoms with Crippen LogP contribution in [0.5, 0.6) is 0 Å². The molecule has 3 aliphatic heterocycles. The summed E-state index contributed by atoms with van der Waals surface area (Å²) in [5.74, 6) is -3.61. The maximum absolute atomic E-state index is 13.9. The van der Waals surface area contributed by atoms with Gasteiger partial charge in [0.2, 0.25) is 5.91 Å². The van der Waals surface area contributed by atoms with Crippen molar-refractivity contribution in [1.82, 2.24) is 10.2 Å². The SMILES string of the molecule is CCC1OC(=O)[C@H](C)C(O[C@H]2C[C@@](C)(OC)[C@@H](O)[C@H](C)O2)[C@H](C)[C@@H](O[C@@H]2O[C@H](C)C[C@H](N(C)C)[C@H]2O)[C@](C)(O)C[C@@H](C)C(=O)NC[C@]1(C)O. The van der Waals surface area contributed by atoms with Crippen LogP contribution in [-0.4, -0.2) is 143 Å². The number of nitrogens with one attached hydrogen (secondary N) is 1. The Morgan fingerprint density at radius 3 is 2.16 bits per heavy atom. The first-order valence-electron chi connectivity index (χ1n) is 17.7. The molecule has 0 aromatic heterocycles. The minimum absolute atomic E-state index is 0.0703. The molecular formula is C35H64N2O12. The van der Waals surface area contributed by atoms with Gasteiger partial charge in [0.15, 0.2) is 12.6 Å². The number of carbonyl (C=O) groups is 2. The highest BCUT2D eigenvalue weighted by Crippen LogP contribution is 2.39. The average molecular weight is 705 g/mol. The predicted molar refractivity (Wildman–Crippen MR) is 179 cm³/mol. The Hall–Kier alpha value is -1.46. The number of aliphatic hydroxyl groups excluding tert-OH is 2. The first-order chi connectivity index (χ1) is 22.6. The van der Waals surface area contributed by atoms with Crippen LogP contribution in [-0.2, 0) is 38.0 Å². The van der Waals surface area contributed by atoms with E-state index in [0.717, 1.165) is 0 Å². The van der Waals surface area contributed by atoms with Crippen molar-refractivity contribution in [2.24, 2.45) is 17.8 Å². The van der Waals surface area contributed by atoms with Crippen LogP contribution in [0.3, 0.4) is 0 Å². The summed E-state index contributed by atoms with van der Waals surface area (Å²) in [5.41, 5.74) is -4.34. The molecule has 3 aliphatic rings. The van der Waals surface area contributed by atoms with Crippen molar-refractivity contribution in [3.05, 3.63) is 0 Å². The van der Waals surface area contributed by atoms with Gasteiger partial charge in [-0.2, -0.15) is 0 Å². The Morgan fingerprint density at radius 2 is 1.59 bits per heavy atom. The van der Waals surface area contributed by atoms with Gasteiger partial charge in [0.05, 0.1) is 41.5 Å². The fraction of sp³-hybridized carbons (Fsp3) is 0.943. The van der Waals surface area contributed by atoms with Gasteiger partial charge in [-0.05, 0) is 74.9 Å². The minimum Gasteiger partial charge on any atom is -0.459 e. The molecule has 0 spiro atoms. The maximum atomic E-state index is 13.9. The maximum Gasteiger partial charge on any atom is 0.311 e. The summed E-state index contributed by atoms with van der Waals surface area (Å²) in [6, 6.07) is -0.299. The molecule has 1 amide bonds. The number of hydrogen-bond donors (Lipinski definition) is 5. The van der Waals surface area contributed by atoms with E-state index in [1.165, 1.54) is 14.0 Å². The van der Waals surface area contributed by atoms with Crippen LogP contribution < -0.4 is 5.32 Å². The molecule has 14 nitrogen and oxygen atoms in total. The normalized spacial score (nSPS) is 48.1. The van der Waals surface area contributed by atoms with Crippen LogP contribution in [0, 0.1) is 17.8 Å². The second kappa shape index (κ2) is 16.5. The summed E-state index contributed by atoms with van der Waals surface area (Å²) in [5, 5.41) is 48.6. The highest BCUT2D eigenvalue weighted by molar-refractivity contribution is 5.78. The number of cyclic esters (lactones) is 1. The van der Waals surface area contributed by atoms with Gasteiger partial charge in [-0.1, -0.05) is 20.8 Å². The van der Waals surface area contributed by atoms with Gasteiger partial charge in [0.1, 0.15) is 23.9 Å². The molecule has 3 saturated heterocycles. The summed E-state index contributed by atoms with van der Waals surface area (Å²) in [7, 11) is 5.21. The van der Waals surface area contributed by atoms with Gasteiger partial charge in [0, 0.05) is 38.0 Å². The van der Waals surface area contributed by atoms with Crippen LogP contribution in [0.25, 0.3) is 0 Å². The standard InChI is InChI=1S/C35H64N2O12/c1-13-24-34(8,43)17-36-30(40)18(2)15-33(7,42)29(49-32-26(38)23(37(10)11)14-19(3)45-32)20(4)27(21(5)31(41)47-24)48-25-16-35(9,44-12)28(39)22(6)46-25/h18-29,32,38-39,42-43H,13-17H2,1-12H3,(H,36,40)/t18-,19-,20+,21-,22+,23+,24?,25+,26-,27?,28+,29-,32+,33-,34+,35-/m1/s1. The van der Waals surface area contributed by atoms with E-state index >= 15 is 0 Å². The van der Waals surface area contributed by atoms with Crippen LogP contribution in [0.2, 0.25) is 0 Å². The molecule has 3 rings (SSSR count). The molecule has 5 N–H and O–H groups in total. The summed E-state index contributed by atoms with van der Waals surface area (Å²) in [6.07, 6.45) is -7.34. The molecular weight excluding hydrogens is 640 g/mol. The Bertz CT molecular complexity index is 1110. The zero-order chi connectivity index (χ0) is 37.2. The molecule has 0 aromatic rings. The summed E-state index contributed by atoms with van der Waals surface area (Å²) in [4.78, 5) is 29.2. The topological polar surface area (TPSA) is 186 Å². The molecule has 286 valence electrons. The Balaban J connectivity index is 2.13. The zero-order valence-electron chi connectivity index (χ0n) is 31.5. The average Bonchev–Trinajstić information content (AvgIpc) is 3.02. The Morgan fingerprint density at radius 1 is 0.959 bits per heavy atom. The zero-order valence-corrected chi connectivity index (χ0v) is 31.5. The number of rotatable bonds is 7. The lowest BCUT2D eigenvalue weighted by Crippen LogP contribution is -2.61. The number of aliphatic hydroxyl groups is 4. The largest absolute Gasteiger partial charge is 0.459 e. The molecule has 0 saturated carbocycles. The Labute approximate surface area is 292 Å². The summed E-state index contributed by atoms with van der Waals surface area (Å²) in [6.45, 7) is 15.0. The fourth-order valence-corrected chi connectivity index (χ4v) is 7.69. The summed E-state index contributed by atoms with van der Waals surface area (Å²) < 4.78 is 37.0. The van der Waals surface area contributed by atoms with Gasteiger partial charge < -0.3 is 59.1 Å². The van der Waals surface area contributed by atoms with Gasteiger partial charge in [-0.15, -0.1) is 0 Å². The third-order valence-electron chi connectivity index (χ3n) is 10.9. The number of esters is 1. The molecule has 0 aromatic carbocycles. The fourth-order valence-electron chi connectivity index (χ4n) is 7.69. The molecule has 3 heterocycles. The summed E-state index contributed by atoms with van der Waals surface area (Å²) >= 11 is 0. The van der Waals surface area contributed by atoms with E-state index < -0.39 is 95.6 Å². The van der Waals surface area contributed by atoms with Crippen LogP contribution in [0.4, 0.5) is 0 Å². The van der Waals surface area contributed by atoms with Crippen LogP contribution in [0.1, 0.15) is 88.0 Å². The van der Waals surface area contributed by atoms with E-state index in [-0.39, 0.29) is 38.0 Å². The molecule has 3 fully saturated rings. The van der Waals surface area contributed by atoms with Crippen molar-refractivity contribution >= 4 is 11.9 Å². The highest BCUT2D eigenvalue weighted by Gasteiger charge is 2.52. The first-order valence-corrected chi connectivity index (χ1v) is 17.7. The lowest BCUT2D eigenvalue weighted by atomic mass is 9.77. The molecule has 14 heteroatoms. The van der Waals surface area contributed by atoms with Crippen molar-refractivity contribution in [3.8, 4) is 0 Å². The Kier molecular flexibility index (Phi) is 14.1. The number of carbonyl (C=O) groups excluding carboxylic acids is 2. The number of β-amino-alcohol motifs (C(OH)–C–C–N with tert-alkyl or cyclic N) is 1. The van der Waals surface area contributed by atoms with E-state index in [4.69, 9.17) is 28.4 Å². The van der Waals surface area contributed by atoms with Crippen LogP contribution >= 0.6 is 0 Å². The number of likely N-dealkylation sites (N-methyl/N-ethyl adjacent to an activating group) is 1. The van der Waals surface area contributed by atoms with Crippen molar-refractivity contribution in [1.29, 1.82) is 0 Å². The van der Waals surface area contributed by atoms with Gasteiger partial charge in [0.25, 0.3) is 0 Å². The van der Waals surface area contributed by atoms with Gasteiger partial charge >= 0.3 is 5.97 Å². The molecule has 2 unspecified atom stereocenters. The molecule has 0 radical (unpaired) electrons. The van der Waals surface area contributed by atoms with E-state index in [1.54, 1.807) is 48.5 Å². The molecule has 16 atom stereocenters. The van der Waals surface area contributed by atoms with E-state index in [0.29, 0.717) is 6.42 Å². The third kappa shape index (κ3) is 9.70. The second-order valence-electron chi connectivity index (χ2n) is 15.7. The number of nitrogens with zero attached hydrogens (tertiary/aromatic N) is 1. The van der Waals surface area contributed by atoms with E-state index in [2.05, 4.69) is 5.32 Å². The molecule has 0 bridgehead atoms. The number of methoxy groups -OCH3 is 1. The second-order valence-corrected chi connectivity index (χ2v) is 15.7. The van der Waals surface area contributed by atoms with Gasteiger partial charge in [-0.3, -0.25) is 9.59 Å². The smallest absolute Gasteiger partial charge is 0.311 e. The number of hydrogen-bond acceptors (Lipinski definition) is 13. The third-order valence-corrected chi connectivity index (χ3v) is 10.9. The number of amides is 1. The van der Waals surface area contributed by atoms with E-state index in [9.17, 15) is 30.0 Å². The van der Waals surface area contributed by atoms with Crippen molar-refractivity contribution in [2.45, 2.75) is 166 Å². The van der Waals surface area contributed by atoms with E-state index in [1.807, 2.05) is 25.9 Å². The molecule has 0 aliphatic carbocycles. The lowest BCUT2D eigenvalue weighted by Gasteiger charge is -2.49. The van der Waals surface area contributed by atoms with Crippen molar-refractivity contribution in [2.75, 3.05) is 27.7 Å². The highest BCUT2D eigenvalue weighted by atomic mass is 16.7.